The van der Waals surface area contributed by atoms with E-state index in [-0.39, 0.29) is 27.5 Å². The Morgan fingerprint density at radius 2 is 1.81 bits per heavy atom. The van der Waals surface area contributed by atoms with Crippen LogP contribution in [0.2, 0.25) is 0 Å². The number of amides is 2. The number of nitrogens with one attached hydrogen (secondary N) is 1. The van der Waals surface area contributed by atoms with Crippen LogP contribution in [0.1, 0.15) is 47.5 Å². The second-order valence-corrected chi connectivity index (χ2v) is 11.6. The zero-order valence-corrected chi connectivity index (χ0v) is 19.8. The first kappa shape index (κ1) is 22.4. The SMILES string of the molecule is Cc1csc(NC(=O)C2CCN(C(=O)c3sccc3S(=O)(=O)N3CCCCC3)CC2)n1. The molecule has 2 aromatic rings. The number of hydrogen-bond acceptors (Lipinski definition) is 7. The summed E-state index contributed by atoms with van der Waals surface area (Å²) in [6.45, 7) is 3.74. The number of thiazole rings is 1. The van der Waals surface area contributed by atoms with E-state index in [9.17, 15) is 18.0 Å². The van der Waals surface area contributed by atoms with E-state index in [2.05, 4.69) is 10.3 Å². The largest absolute Gasteiger partial charge is 0.338 e. The second-order valence-electron chi connectivity index (χ2n) is 7.93. The average molecular weight is 483 g/mol. The standard InChI is InChI=1S/C20H26N4O4S3/c1-14-13-30-20(21-14)22-18(25)15-5-10-23(11-6-15)19(26)17-16(7-12-29-17)31(27,28)24-8-3-2-4-9-24/h7,12-13,15H,2-6,8-11H2,1H3,(H,21,22,25). The smallest absolute Gasteiger partial charge is 0.265 e. The third-order valence-electron chi connectivity index (χ3n) is 5.76. The van der Waals surface area contributed by atoms with Crippen molar-refractivity contribution in [3.05, 3.63) is 27.4 Å². The van der Waals surface area contributed by atoms with E-state index in [1.807, 2.05) is 12.3 Å². The zero-order valence-electron chi connectivity index (χ0n) is 17.4. The molecule has 0 aromatic carbocycles. The van der Waals surface area contributed by atoms with Gasteiger partial charge in [-0.15, -0.1) is 22.7 Å². The number of carbonyl (C=O) groups is 2. The molecule has 2 fully saturated rings. The van der Waals surface area contributed by atoms with Crippen LogP contribution < -0.4 is 5.32 Å². The van der Waals surface area contributed by atoms with E-state index in [4.69, 9.17) is 0 Å². The maximum absolute atomic E-state index is 13.1. The molecular weight excluding hydrogens is 456 g/mol. The average Bonchev–Trinajstić information content (AvgIpc) is 3.43. The number of rotatable bonds is 5. The number of carbonyl (C=O) groups excluding carboxylic acids is 2. The number of anilines is 1. The normalized spacial score (nSPS) is 18.8. The first-order valence-corrected chi connectivity index (χ1v) is 13.7. The van der Waals surface area contributed by atoms with Crippen molar-refractivity contribution in [1.82, 2.24) is 14.2 Å². The second kappa shape index (κ2) is 9.35. The summed E-state index contributed by atoms with van der Waals surface area (Å²) in [7, 11) is -3.66. The van der Waals surface area contributed by atoms with Gasteiger partial charge in [-0.1, -0.05) is 6.42 Å². The number of nitrogens with zero attached hydrogens (tertiary/aromatic N) is 3. The lowest BCUT2D eigenvalue weighted by molar-refractivity contribution is -0.121. The minimum Gasteiger partial charge on any atom is -0.338 e. The van der Waals surface area contributed by atoms with E-state index in [1.165, 1.54) is 33.0 Å². The maximum atomic E-state index is 13.1. The third-order valence-corrected chi connectivity index (χ3v) is 9.61. The monoisotopic (exact) mass is 482 g/mol. The molecular formula is C20H26N4O4S3. The Bertz CT molecular complexity index is 1050. The minimum absolute atomic E-state index is 0.0778. The molecule has 0 bridgehead atoms. The van der Waals surface area contributed by atoms with Crippen LogP contribution in [-0.2, 0) is 14.8 Å². The van der Waals surface area contributed by atoms with Gasteiger partial charge in [0.05, 0.1) is 5.69 Å². The minimum atomic E-state index is -3.66. The first-order chi connectivity index (χ1) is 14.9. The van der Waals surface area contributed by atoms with Gasteiger partial charge in [0.15, 0.2) is 5.13 Å². The van der Waals surface area contributed by atoms with Gasteiger partial charge in [-0.3, -0.25) is 9.59 Å². The summed E-state index contributed by atoms with van der Waals surface area (Å²) in [6.07, 6.45) is 3.82. The molecule has 2 aromatic heterocycles. The van der Waals surface area contributed by atoms with Crippen LogP contribution in [0.4, 0.5) is 5.13 Å². The molecule has 2 saturated heterocycles. The van der Waals surface area contributed by atoms with E-state index >= 15 is 0 Å². The molecule has 1 N–H and O–H groups in total. The summed E-state index contributed by atoms with van der Waals surface area (Å²) in [4.78, 5) is 31.9. The van der Waals surface area contributed by atoms with Crippen LogP contribution in [0.15, 0.2) is 21.7 Å². The number of likely N-dealkylation sites (tertiary alicyclic amines) is 1. The summed E-state index contributed by atoms with van der Waals surface area (Å²) < 4.78 is 27.6. The summed E-state index contributed by atoms with van der Waals surface area (Å²) in [5.41, 5.74) is 0.868. The molecule has 168 valence electrons. The van der Waals surface area contributed by atoms with Crippen LogP contribution >= 0.6 is 22.7 Å². The van der Waals surface area contributed by atoms with Crippen molar-refractivity contribution in [2.45, 2.75) is 43.9 Å². The van der Waals surface area contributed by atoms with Gasteiger partial charge < -0.3 is 10.2 Å². The summed E-state index contributed by atoms with van der Waals surface area (Å²) in [5.74, 6) is -0.529. The third kappa shape index (κ3) is 4.84. The van der Waals surface area contributed by atoms with Crippen molar-refractivity contribution in [1.29, 1.82) is 0 Å². The van der Waals surface area contributed by atoms with Gasteiger partial charge in [-0.2, -0.15) is 4.31 Å². The molecule has 4 rings (SSSR count). The van der Waals surface area contributed by atoms with E-state index < -0.39 is 10.0 Å². The predicted molar refractivity (Wildman–Crippen MR) is 121 cm³/mol. The van der Waals surface area contributed by atoms with Crippen molar-refractivity contribution in [3.8, 4) is 0 Å². The number of aromatic nitrogens is 1. The van der Waals surface area contributed by atoms with E-state index in [0.29, 0.717) is 44.2 Å². The molecule has 0 radical (unpaired) electrons. The molecule has 4 heterocycles. The molecule has 0 saturated carbocycles. The fraction of sp³-hybridized carbons (Fsp3) is 0.550. The summed E-state index contributed by atoms with van der Waals surface area (Å²) in [5, 5.41) is 6.99. The molecule has 0 atom stereocenters. The fourth-order valence-electron chi connectivity index (χ4n) is 4.01. The molecule has 2 aliphatic heterocycles. The Morgan fingerprint density at radius 3 is 2.45 bits per heavy atom. The van der Waals surface area contributed by atoms with Gasteiger partial charge in [0, 0.05) is 37.5 Å². The molecule has 0 spiro atoms. The Balaban J connectivity index is 1.39. The molecule has 31 heavy (non-hydrogen) atoms. The molecule has 2 amide bonds. The van der Waals surface area contributed by atoms with Crippen molar-refractivity contribution in [2.24, 2.45) is 5.92 Å². The van der Waals surface area contributed by atoms with Crippen LogP contribution in [-0.4, -0.2) is 60.6 Å². The van der Waals surface area contributed by atoms with Crippen LogP contribution in [0.25, 0.3) is 0 Å². The van der Waals surface area contributed by atoms with Crippen molar-refractivity contribution in [2.75, 3.05) is 31.5 Å². The van der Waals surface area contributed by atoms with Gasteiger partial charge in [0.2, 0.25) is 15.9 Å². The number of hydrogen-bond donors (Lipinski definition) is 1. The number of aryl methyl sites for hydroxylation is 1. The van der Waals surface area contributed by atoms with E-state index in [1.54, 1.807) is 10.3 Å². The van der Waals surface area contributed by atoms with Crippen LogP contribution in [0.5, 0.6) is 0 Å². The Kier molecular flexibility index (Phi) is 6.75. The fourth-order valence-corrected chi connectivity index (χ4v) is 7.58. The zero-order chi connectivity index (χ0) is 22.0. The molecule has 8 nitrogen and oxygen atoms in total. The topological polar surface area (TPSA) is 99.7 Å². The van der Waals surface area contributed by atoms with Crippen molar-refractivity contribution < 1.29 is 18.0 Å². The Hall–Kier alpha value is -1.82. The summed E-state index contributed by atoms with van der Waals surface area (Å²) >= 11 is 2.56. The first-order valence-electron chi connectivity index (χ1n) is 10.5. The number of piperidine rings is 2. The molecule has 0 aliphatic carbocycles. The highest BCUT2D eigenvalue weighted by molar-refractivity contribution is 7.89. The van der Waals surface area contributed by atoms with Crippen LogP contribution in [0, 0.1) is 12.8 Å². The quantitative estimate of drug-likeness (QED) is 0.706. The number of thiophene rings is 1. The summed E-state index contributed by atoms with van der Waals surface area (Å²) in [6, 6.07) is 1.54. The molecule has 11 heteroatoms. The highest BCUT2D eigenvalue weighted by Crippen LogP contribution is 2.30. The van der Waals surface area contributed by atoms with Crippen molar-refractivity contribution >= 4 is 49.6 Å². The lowest BCUT2D eigenvalue weighted by Crippen LogP contribution is -2.42. The van der Waals surface area contributed by atoms with Crippen LogP contribution in [0.3, 0.4) is 0 Å². The van der Waals surface area contributed by atoms with E-state index in [0.717, 1.165) is 25.0 Å². The maximum Gasteiger partial charge on any atom is 0.265 e. The Morgan fingerprint density at radius 1 is 1.10 bits per heavy atom. The van der Waals surface area contributed by atoms with Crippen molar-refractivity contribution in [3.63, 3.8) is 0 Å². The lowest BCUT2D eigenvalue weighted by atomic mass is 9.96. The Labute approximate surface area is 190 Å². The highest BCUT2D eigenvalue weighted by atomic mass is 32.2. The predicted octanol–water partition coefficient (Wildman–Crippen LogP) is 3.18. The molecule has 2 aliphatic rings. The van der Waals surface area contributed by atoms with Gasteiger partial charge >= 0.3 is 0 Å². The lowest BCUT2D eigenvalue weighted by Gasteiger charge is -2.31. The number of sulfonamides is 1. The highest BCUT2D eigenvalue weighted by Gasteiger charge is 2.34. The van der Waals surface area contributed by atoms with Gasteiger partial charge in [-0.25, -0.2) is 13.4 Å². The van der Waals surface area contributed by atoms with Gasteiger partial charge in [-0.05, 0) is 44.1 Å². The molecule has 0 unspecified atom stereocenters. The van der Waals surface area contributed by atoms with Gasteiger partial charge in [0.25, 0.3) is 5.91 Å². The van der Waals surface area contributed by atoms with Gasteiger partial charge in [0.1, 0.15) is 9.77 Å².